The Hall–Kier alpha value is -2.12. The molecule has 0 spiro atoms. The monoisotopic (exact) mass is 425 g/mol. The van der Waals surface area contributed by atoms with Crippen LogP contribution in [0.5, 0.6) is 0 Å². The number of likely N-dealkylation sites (tertiary alicyclic amines) is 1. The molecule has 1 N–H and O–H groups in total. The van der Waals surface area contributed by atoms with Gasteiger partial charge in [-0.15, -0.1) is 0 Å². The Bertz CT molecular complexity index is 832. The number of benzene rings is 1. The maximum atomic E-state index is 12.6. The van der Waals surface area contributed by atoms with Gasteiger partial charge in [-0.1, -0.05) is 23.2 Å². The lowest BCUT2D eigenvalue weighted by molar-refractivity contribution is -0.130. The zero-order valence-electron chi connectivity index (χ0n) is 15.6. The molecule has 0 saturated carbocycles. The number of amides is 4. The molecule has 0 aliphatic carbocycles. The Morgan fingerprint density at radius 3 is 2.25 bits per heavy atom. The van der Waals surface area contributed by atoms with E-state index in [0.717, 1.165) is 0 Å². The normalized spacial score (nSPS) is 17.5. The first-order chi connectivity index (χ1) is 13.2. The van der Waals surface area contributed by atoms with E-state index >= 15 is 0 Å². The number of alkyl halides is 2. The molecule has 1 fully saturated rings. The number of nitrogens with one attached hydrogen (secondary N) is 1. The van der Waals surface area contributed by atoms with Gasteiger partial charge in [0.25, 0.3) is 23.6 Å². The molecule has 150 valence electrons. The molecule has 2 heterocycles. The Morgan fingerprint density at radius 1 is 1.07 bits per heavy atom. The zero-order chi connectivity index (χ0) is 20.6. The fraction of sp³-hybridized carbons (Fsp3) is 0.474. The summed E-state index contributed by atoms with van der Waals surface area (Å²) in [5.74, 6) is -1.36. The lowest BCUT2D eigenvalue weighted by Crippen LogP contribution is -2.47. The minimum Gasteiger partial charge on any atom is -0.349 e. The van der Waals surface area contributed by atoms with E-state index in [1.54, 1.807) is 24.8 Å². The number of hydrogen-bond donors (Lipinski definition) is 1. The Morgan fingerprint density at radius 2 is 1.68 bits per heavy atom. The molecular weight excluding hydrogens is 405 g/mol. The van der Waals surface area contributed by atoms with Gasteiger partial charge in [-0.3, -0.25) is 24.1 Å². The molecule has 0 bridgehead atoms. The molecule has 28 heavy (non-hydrogen) atoms. The fourth-order valence-electron chi connectivity index (χ4n) is 3.52. The highest BCUT2D eigenvalue weighted by atomic mass is 35.5. The minimum absolute atomic E-state index is 0.0987. The molecule has 4 amide bonds. The maximum absolute atomic E-state index is 12.6. The maximum Gasteiger partial charge on any atom is 0.261 e. The van der Waals surface area contributed by atoms with E-state index in [1.165, 1.54) is 17.0 Å². The zero-order valence-corrected chi connectivity index (χ0v) is 17.1. The van der Waals surface area contributed by atoms with Crippen LogP contribution in [0.1, 0.15) is 57.8 Å². The van der Waals surface area contributed by atoms with Crippen LogP contribution in [0, 0.1) is 0 Å². The second-order valence-corrected chi connectivity index (χ2v) is 8.30. The average Bonchev–Trinajstić information content (AvgIpc) is 2.91. The smallest absolute Gasteiger partial charge is 0.261 e. The van der Waals surface area contributed by atoms with Crippen LogP contribution in [-0.2, 0) is 4.79 Å². The van der Waals surface area contributed by atoms with Crippen molar-refractivity contribution in [3.63, 3.8) is 0 Å². The molecule has 2 aliphatic heterocycles. The van der Waals surface area contributed by atoms with Crippen LogP contribution in [-0.4, -0.2) is 63.4 Å². The summed E-state index contributed by atoms with van der Waals surface area (Å²) in [6, 6.07) is 4.19. The number of fused-ring (bicyclic) bond motifs is 1. The van der Waals surface area contributed by atoms with Crippen molar-refractivity contribution < 1.29 is 19.2 Å². The van der Waals surface area contributed by atoms with Crippen molar-refractivity contribution in [2.24, 2.45) is 0 Å². The van der Waals surface area contributed by atoms with E-state index in [4.69, 9.17) is 23.2 Å². The van der Waals surface area contributed by atoms with Crippen LogP contribution in [0.4, 0.5) is 0 Å². The quantitative estimate of drug-likeness (QED) is 0.591. The number of rotatable bonds is 4. The van der Waals surface area contributed by atoms with E-state index < -0.39 is 4.84 Å². The third kappa shape index (κ3) is 3.86. The highest BCUT2D eigenvalue weighted by molar-refractivity contribution is 6.53. The summed E-state index contributed by atoms with van der Waals surface area (Å²) in [6.45, 7) is 4.45. The summed E-state index contributed by atoms with van der Waals surface area (Å²) in [6.07, 6.45) is 1.17. The van der Waals surface area contributed by atoms with Gasteiger partial charge >= 0.3 is 0 Å². The van der Waals surface area contributed by atoms with Gasteiger partial charge in [-0.25, -0.2) is 0 Å². The second-order valence-electron chi connectivity index (χ2n) is 7.21. The molecular formula is C19H21Cl2N3O4. The Balaban J connectivity index is 1.65. The van der Waals surface area contributed by atoms with Gasteiger partial charge in [-0.05, 0) is 44.9 Å². The molecule has 1 saturated heterocycles. The predicted octanol–water partition coefficient (Wildman–Crippen LogP) is 2.22. The van der Waals surface area contributed by atoms with E-state index in [-0.39, 0.29) is 41.3 Å². The molecule has 0 unspecified atom stereocenters. The van der Waals surface area contributed by atoms with Crippen LogP contribution in [0.15, 0.2) is 18.2 Å². The van der Waals surface area contributed by atoms with Crippen LogP contribution in [0.2, 0.25) is 0 Å². The predicted molar refractivity (Wildman–Crippen MR) is 105 cm³/mol. The first kappa shape index (κ1) is 20.6. The van der Waals surface area contributed by atoms with Gasteiger partial charge in [0.2, 0.25) is 0 Å². The SMILES string of the molecule is CC(C)N1C(=O)c2ccc(C(=O)NC3CCN(C(=O)C(Cl)Cl)CC3)cc2C1=O. The highest BCUT2D eigenvalue weighted by Gasteiger charge is 2.37. The number of carbonyl (C=O) groups excluding carboxylic acids is 4. The van der Waals surface area contributed by atoms with Gasteiger partial charge in [0, 0.05) is 30.7 Å². The summed E-state index contributed by atoms with van der Waals surface area (Å²) >= 11 is 11.2. The summed E-state index contributed by atoms with van der Waals surface area (Å²) in [5, 5.41) is 2.92. The van der Waals surface area contributed by atoms with Crippen molar-refractivity contribution in [1.82, 2.24) is 15.1 Å². The van der Waals surface area contributed by atoms with E-state index in [0.29, 0.717) is 37.1 Å². The number of halogens is 2. The molecule has 3 rings (SSSR count). The summed E-state index contributed by atoms with van der Waals surface area (Å²) in [4.78, 5) is 50.9. The largest absolute Gasteiger partial charge is 0.349 e. The van der Waals surface area contributed by atoms with Crippen LogP contribution in [0.3, 0.4) is 0 Å². The second kappa shape index (κ2) is 8.09. The molecule has 0 aromatic heterocycles. The lowest BCUT2D eigenvalue weighted by atomic mass is 10.0. The number of piperidine rings is 1. The molecule has 2 aliphatic rings. The van der Waals surface area contributed by atoms with E-state index in [1.807, 2.05) is 0 Å². The van der Waals surface area contributed by atoms with Crippen LogP contribution < -0.4 is 5.32 Å². The van der Waals surface area contributed by atoms with Gasteiger partial charge in [0.1, 0.15) is 0 Å². The molecule has 0 atom stereocenters. The topological polar surface area (TPSA) is 86.8 Å². The van der Waals surface area contributed by atoms with Crippen LogP contribution >= 0.6 is 23.2 Å². The highest BCUT2D eigenvalue weighted by Crippen LogP contribution is 2.26. The van der Waals surface area contributed by atoms with Gasteiger partial charge in [-0.2, -0.15) is 0 Å². The summed E-state index contributed by atoms with van der Waals surface area (Å²) in [7, 11) is 0. The minimum atomic E-state index is -1.08. The molecule has 0 radical (unpaired) electrons. The van der Waals surface area contributed by atoms with Gasteiger partial charge < -0.3 is 10.2 Å². The first-order valence-corrected chi connectivity index (χ1v) is 9.97. The summed E-state index contributed by atoms with van der Waals surface area (Å²) < 4.78 is 0. The number of hydrogen-bond acceptors (Lipinski definition) is 4. The van der Waals surface area contributed by atoms with E-state index in [9.17, 15) is 19.2 Å². The molecule has 1 aromatic carbocycles. The van der Waals surface area contributed by atoms with Crippen molar-refractivity contribution in [3.05, 3.63) is 34.9 Å². The molecule has 7 nitrogen and oxygen atoms in total. The Kier molecular flexibility index (Phi) is 5.95. The fourth-order valence-corrected chi connectivity index (χ4v) is 3.80. The van der Waals surface area contributed by atoms with Crippen molar-refractivity contribution in [3.8, 4) is 0 Å². The van der Waals surface area contributed by atoms with Crippen molar-refractivity contribution in [1.29, 1.82) is 0 Å². The lowest BCUT2D eigenvalue weighted by Gasteiger charge is -2.32. The van der Waals surface area contributed by atoms with Crippen LogP contribution in [0.25, 0.3) is 0 Å². The van der Waals surface area contributed by atoms with Crippen molar-refractivity contribution >= 4 is 46.8 Å². The third-order valence-electron chi connectivity index (χ3n) is 5.03. The standard InChI is InChI=1S/C19H21Cl2N3O4/c1-10(2)24-17(26)13-4-3-11(9-14(13)18(24)27)16(25)22-12-5-7-23(8-6-12)19(28)15(20)21/h3-4,9-10,12,15H,5-8H2,1-2H3,(H,22,25). The number of imide groups is 1. The average molecular weight is 426 g/mol. The molecule has 1 aromatic rings. The number of nitrogens with zero attached hydrogens (tertiary/aromatic N) is 2. The van der Waals surface area contributed by atoms with Gasteiger partial charge in [0.15, 0.2) is 4.84 Å². The van der Waals surface area contributed by atoms with Gasteiger partial charge in [0.05, 0.1) is 11.1 Å². The number of carbonyl (C=O) groups is 4. The molecule has 9 heteroatoms. The van der Waals surface area contributed by atoms with Crippen molar-refractivity contribution in [2.75, 3.05) is 13.1 Å². The van der Waals surface area contributed by atoms with E-state index in [2.05, 4.69) is 5.32 Å². The van der Waals surface area contributed by atoms with Crippen molar-refractivity contribution in [2.45, 2.75) is 43.6 Å². The third-order valence-corrected chi connectivity index (χ3v) is 5.40. The Labute approximate surface area is 172 Å². The first-order valence-electron chi connectivity index (χ1n) is 9.10. The summed E-state index contributed by atoms with van der Waals surface area (Å²) in [5.41, 5.74) is 0.895.